The molecule has 2 aliphatic rings. The maximum Gasteiger partial charge on any atom is 0.256 e. The maximum absolute atomic E-state index is 12.5. The van der Waals surface area contributed by atoms with Gasteiger partial charge in [-0.2, -0.15) is 4.99 Å². The third kappa shape index (κ3) is 3.67. The van der Waals surface area contributed by atoms with Gasteiger partial charge in [0, 0.05) is 11.6 Å². The van der Waals surface area contributed by atoms with Crippen molar-refractivity contribution in [2.75, 3.05) is 21.3 Å². The van der Waals surface area contributed by atoms with Crippen molar-refractivity contribution in [2.24, 2.45) is 4.99 Å². The number of hydrogen-bond donors (Lipinski definition) is 2. The van der Waals surface area contributed by atoms with Crippen molar-refractivity contribution < 1.29 is 36.3 Å². The minimum atomic E-state index is -0.270. The summed E-state index contributed by atoms with van der Waals surface area (Å²) in [5.74, 6) is 1.92. The van der Waals surface area contributed by atoms with Crippen LogP contribution in [0.25, 0.3) is 0 Å². The van der Waals surface area contributed by atoms with Crippen LogP contribution in [-0.2, 0) is 0 Å². The van der Waals surface area contributed by atoms with Crippen LogP contribution in [0.5, 0.6) is 17.2 Å². The molecule has 2 N–H and O–H groups in total. The van der Waals surface area contributed by atoms with Crippen molar-refractivity contribution in [3.8, 4) is 17.2 Å². The molecule has 0 spiro atoms. The Kier molecular flexibility index (Phi) is 5.84. The van der Waals surface area contributed by atoms with Crippen LogP contribution in [0.2, 0.25) is 0 Å². The molecule has 8 heteroatoms. The number of hydrogen-bond acceptors (Lipinski definition) is 5. The van der Waals surface area contributed by atoms with E-state index in [9.17, 15) is 4.79 Å². The highest BCUT2D eigenvalue weighted by atomic mass is 35.5. The van der Waals surface area contributed by atoms with Crippen LogP contribution >= 0.6 is 0 Å². The molecule has 3 rings (SSSR count). The standard InChI is InChI=1S/C17H17N3O4.ClH/c1-22-13-8-11(9-14(23-2)16(13)24-3)17(21)19-12-4-5-15-18-6-7-20(15)10-12;/h4-10H,1-3H3,(H,19,21);1H. The van der Waals surface area contributed by atoms with Crippen LogP contribution in [-0.4, -0.2) is 33.1 Å². The van der Waals surface area contributed by atoms with E-state index in [2.05, 4.69) is 10.3 Å². The number of rotatable bonds is 5. The lowest BCUT2D eigenvalue weighted by atomic mass is 10.1. The highest BCUT2D eigenvalue weighted by Gasteiger charge is 2.21. The van der Waals surface area contributed by atoms with Crippen LogP contribution in [0.15, 0.2) is 53.6 Å². The molecule has 0 aromatic heterocycles. The third-order valence-corrected chi connectivity index (χ3v) is 3.68. The van der Waals surface area contributed by atoms with Gasteiger partial charge in [-0.1, -0.05) is 0 Å². The van der Waals surface area contributed by atoms with E-state index < -0.39 is 0 Å². The highest BCUT2D eigenvalue weighted by molar-refractivity contribution is 5.97. The molecule has 1 amide bonds. The summed E-state index contributed by atoms with van der Waals surface area (Å²) in [6, 6.07) is 3.22. The predicted molar refractivity (Wildman–Crippen MR) is 88.3 cm³/mol. The molecular weight excluding hydrogens is 346 g/mol. The molecule has 0 bridgehead atoms. The number of aliphatic imine (C=N–C) groups is 1. The summed E-state index contributed by atoms with van der Waals surface area (Å²) in [5, 5.41) is 2.86. The van der Waals surface area contributed by atoms with Gasteiger partial charge in [-0.05, 0) is 18.2 Å². The largest absolute Gasteiger partial charge is 1.00 e. The molecule has 0 fully saturated rings. The number of amidine groups is 1. The molecule has 2 aliphatic heterocycles. The second kappa shape index (κ2) is 7.87. The summed E-state index contributed by atoms with van der Waals surface area (Å²) in [6.45, 7) is 0. The zero-order chi connectivity index (χ0) is 17.1. The van der Waals surface area contributed by atoms with E-state index in [0.717, 1.165) is 10.7 Å². The number of allylic oxidation sites excluding steroid dienone is 1. The number of methoxy groups -OCH3 is 3. The van der Waals surface area contributed by atoms with E-state index in [0.29, 0.717) is 28.5 Å². The summed E-state index contributed by atoms with van der Waals surface area (Å²) in [5.41, 5.74) is 1.10. The highest BCUT2D eigenvalue weighted by Crippen LogP contribution is 2.38. The number of amides is 1. The zero-order valence-electron chi connectivity index (χ0n) is 14.0. The molecule has 2 heterocycles. The summed E-state index contributed by atoms with van der Waals surface area (Å²) >= 11 is 0. The summed E-state index contributed by atoms with van der Waals surface area (Å²) in [6.07, 6.45) is 9.17. The van der Waals surface area contributed by atoms with E-state index in [1.54, 1.807) is 18.3 Å². The molecule has 1 aromatic rings. The van der Waals surface area contributed by atoms with Crippen molar-refractivity contribution in [1.29, 1.82) is 0 Å². The lowest BCUT2D eigenvalue weighted by Crippen LogP contribution is -3.05. The Morgan fingerprint density at radius 1 is 1.08 bits per heavy atom. The van der Waals surface area contributed by atoms with Crippen LogP contribution in [0.3, 0.4) is 0 Å². The average Bonchev–Trinajstić information content (AvgIpc) is 3.07. The summed E-state index contributed by atoms with van der Waals surface area (Å²) in [4.78, 5) is 17.7. The first-order valence-corrected chi connectivity index (χ1v) is 7.29. The van der Waals surface area contributed by atoms with E-state index in [1.165, 1.54) is 21.3 Å². The monoisotopic (exact) mass is 363 g/mol. The number of halogens is 1. The summed E-state index contributed by atoms with van der Waals surface area (Å²) in [7, 11) is 4.54. The van der Waals surface area contributed by atoms with Crippen molar-refractivity contribution >= 4 is 11.7 Å². The SMILES string of the molecule is COc1cc(C(=O)NC2=C[NH+]3C=CN=C3C=C2)cc(OC)c1OC.[Cl-]. The Hall–Kier alpha value is -2.77. The van der Waals surface area contributed by atoms with Crippen molar-refractivity contribution in [3.63, 3.8) is 0 Å². The molecule has 0 saturated heterocycles. The fourth-order valence-electron chi connectivity index (χ4n) is 2.50. The molecule has 0 radical (unpaired) electrons. The normalized spacial score (nSPS) is 17.0. The first-order valence-electron chi connectivity index (χ1n) is 7.29. The number of nitrogens with one attached hydrogen (secondary N) is 2. The van der Waals surface area contributed by atoms with Gasteiger partial charge in [0.05, 0.1) is 33.2 Å². The van der Waals surface area contributed by atoms with Crippen LogP contribution in [0.4, 0.5) is 0 Å². The molecule has 0 saturated carbocycles. The minimum Gasteiger partial charge on any atom is -1.00 e. The Labute approximate surface area is 151 Å². The first kappa shape index (κ1) is 18.6. The van der Waals surface area contributed by atoms with Gasteiger partial charge in [-0.15, -0.1) is 0 Å². The predicted octanol–water partition coefficient (Wildman–Crippen LogP) is -2.37. The van der Waals surface area contributed by atoms with Crippen LogP contribution < -0.4 is 36.8 Å². The fraction of sp³-hybridized carbons (Fsp3) is 0.176. The van der Waals surface area contributed by atoms with E-state index >= 15 is 0 Å². The quantitative estimate of drug-likeness (QED) is 0.613. The van der Waals surface area contributed by atoms with Crippen LogP contribution in [0.1, 0.15) is 10.4 Å². The number of carbonyl (C=O) groups is 1. The van der Waals surface area contributed by atoms with E-state index in [1.807, 2.05) is 24.6 Å². The number of fused-ring (bicyclic) bond motifs is 1. The number of carbonyl (C=O) groups excluding carboxylic acids is 1. The number of benzene rings is 1. The van der Waals surface area contributed by atoms with Gasteiger partial charge in [0.15, 0.2) is 11.5 Å². The van der Waals surface area contributed by atoms with Gasteiger partial charge in [0.25, 0.3) is 5.91 Å². The Morgan fingerprint density at radius 2 is 1.76 bits per heavy atom. The molecule has 25 heavy (non-hydrogen) atoms. The van der Waals surface area contributed by atoms with Crippen molar-refractivity contribution in [2.45, 2.75) is 0 Å². The Morgan fingerprint density at radius 3 is 2.36 bits per heavy atom. The molecule has 1 unspecified atom stereocenters. The van der Waals surface area contributed by atoms with Gasteiger partial charge in [0.2, 0.25) is 11.6 Å². The lowest BCUT2D eigenvalue weighted by Gasteiger charge is -2.15. The molecule has 7 nitrogen and oxygen atoms in total. The number of ether oxygens (including phenoxy) is 3. The molecule has 1 atom stereocenters. The molecule has 132 valence electrons. The topological polar surface area (TPSA) is 73.6 Å². The van der Waals surface area contributed by atoms with Gasteiger partial charge in [-0.25, -0.2) is 4.90 Å². The molecule has 1 aromatic carbocycles. The Bertz CT molecular complexity index is 774. The third-order valence-electron chi connectivity index (χ3n) is 3.68. The smallest absolute Gasteiger partial charge is 0.256 e. The average molecular weight is 364 g/mol. The number of quaternary nitrogens is 1. The van der Waals surface area contributed by atoms with Gasteiger partial charge in [-0.3, -0.25) is 4.79 Å². The molecular formula is C17H18ClN3O4. The van der Waals surface area contributed by atoms with Gasteiger partial charge >= 0.3 is 0 Å². The fourth-order valence-corrected chi connectivity index (χ4v) is 2.50. The van der Waals surface area contributed by atoms with Crippen LogP contribution in [0, 0.1) is 0 Å². The van der Waals surface area contributed by atoms with Gasteiger partial charge < -0.3 is 31.9 Å². The second-order valence-corrected chi connectivity index (χ2v) is 5.09. The van der Waals surface area contributed by atoms with E-state index in [4.69, 9.17) is 14.2 Å². The summed E-state index contributed by atoms with van der Waals surface area (Å²) < 4.78 is 15.8. The second-order valence-electron chi connectivity index (χ2n) is 5.09. The van der Waals surface area contributed by atoms with E-state index in [-0.39, 0.29) is 18.3 Å². The Balaban J connectivity index is 0.00000225. The number of nitrogens with zero attached hydrogens (tertiary/aromatic N) is 1. The van der Waals surface area contributed by atoms with Crippen molar-refractivity contribution in [3.05, 3.63) is 54.1 Å². The zero-order valence-corrected chi connectivity index (χ0v) is 14.8. The maximum atomic E-state index is 12.5. The minimum absolute atomic E-state index is 0. The molecule has 0 aliphatic carbocycles. The lowest BCUT2D eigenvalue weighted by molar-refractivity contribution is -0.679. The van der Waals surface area contributed by atoms with Crippen molar-refractivity contribution in [1.82, 2.24) is 5.32 Å². The first-order chi connectivity index (χ1) is 11.7. The van der Waals surface area contributed by atoms with Gasteiger partial charge in [0.1, 0.15) is 12.4 Å².